The van der Waals surface area contributed by atoms with Crippen LogP contribution in [0.5, 0.6) is 5.75 Å². The molecular weight excluding hydrogens is 348 g/mol. The normalized spacial score (nSPS) is 10.6. The molecule has 0 fully saturated rings. The number of nitrogens with zero attached hydrogens (tertiary/aromatic N) is 1. The lowest BCUT2D eigenvalue weighted by Crippen LogP contribution is -2.20. The zero-order valence-corrected chi connectivity index (χ0v) is 15.6. The first-order valence-electron chi connectivity index (χ1n) is 9.14. The summed E-state index contributed by atoms with van der Waals surface area (Å²) in [6, 6.07) is 27.3. The highest BCUT2D eigenvalue weighted by molar-refractivity contribution is 5.93. The van der Waals surface area contributed by atoms with Gasteiger partial charge in [0.1, 0.15) is 5.75 Å². The van der Waals surface area contributed by atoms with E-state index in [-0.39, 0.29) is 12.5 Å². The topological polar surface area (TPSA) is 51.2 Å². The minimum atomic E-state index is -0.198. The summed E-state index contributed by atoms with van der Waals surface area (Å²) in [4.78, 5) is 17.1. The zero-order chi connectivity index (χ0) is 19.3. The highest BCUT2D eigenvalue weighted by atomic mass is 16.5. The van der Waals surface area contributed by atoms with Crippen LogP contribution < -0.4 is 10.1 Å². The van der Waals surface area contributed by atoms with Crippen molar-refractivity contribution in [2.75, 3.05) is 11.9 Å². The number of fused-ring (bicyclic) bond motifs is 1. The molecule has 28 heavy (non-hydrogen) atoms. The van der Waals surface area contributed by atoms with Gasteiger partial charge in [0.25, 0.3) is 5.91 Å². The molecule has 0 atom stereocenters. The van der Waals surface area contributed by atoms with Crippen molar-refractivity contribution in [3.05, 3.63) is 90.5 Å². The van der Waals surface area contributed by atoms with Crippen molar-refractivity contribution in [1.29, 1.82) is 0 Å². The van der Waals surface area contributed by atoms with Crippen molar-refractivity contribution in [2.45, 2.75) is 6.92 Å². The first kappa shape index (κ1) is 17.7. The number of para-hydroxylation sites is 2. The number of carbonyl (C=O) groups is 1. The Bertz CT molecular complexity index is 1120. The van der Waals surface area contributed by atoms with Crippen LogP contribution in [0.15, 0.2) is 84.9 Å². The molecule has 1 aromatic heterocycles. The van der Waals surface area contributed by atoms with Crippen LogP contribution >= 0.6 is 0 Å². The van der Waals surface area contributed by atoms with Gasteiger partial charge in [-0.2, -0.15) is 0 Å². The summed E-state index contributed by atoms with van der Waals surface area (Å²) in [6.07, 6.45) is 0. The maximum absolute atomic E-state index is 12.4. The highest BCUT2D eigenvalue weighted by Crippen LogP contribution is 2.30. The van der Waals surface area contributed by atoms with E-state index in [9.17, 15) is 4.79 Å². The number of benzene rings is 3. The maximum atomic E-state index is 12.4. The number of aryl methyl sites for hydroxylation is 1. The van der Waals surface area contributed by atoms with Crippen LogP contribution in [0, 0.1) is 6.92 Å². The van der Waals surface area contributed by atoms with Crippen LogP contribution in [-0.2, 0) is 4.79 Å². The zero-order valence-electron chi connectivity index (χ0n) is 15.6. The number of carbonyl (C=O) groups excluding carboxylic acids is 1. The first-order chi connectivity index (χ1) is 13.7. The van der Waals surface area contributed by atoms with Gasteiger partial charge in [0, 0.05) is 22.7 Å². The van der Waals surface area contributed by atoms with E-state index < -0.39 is 0 Å². The predicted octanol–water partition coefficient (Wildman–Crippen LogP) is 5.23. The second kappa shape index (κ2) is 7.92. The molecule has 138 valence electrons. The van der Waals surface area contributed by atoms with Crippen LogP contribution in [0.2, 0.25) is 0 Å². The Morgan fingerprint density at radius 3 is 2.46 bits per heavy atom. The van der Waals surface area contributed by atoms with Crippen LogP contribution in [0.1, 0.15) is 5.56 Å². The van der Waals surface area contributed by atoms with Crippen LogP contribution in [0.3, 0.4) is 0 Å². The number of hydrogen-bond acceptors (Lipinski definition) is 3. The molecule has 0 aliphatic carbocycles. The number of ether oxygens (including phenoxy) is 1. The number of pyridine rings is 1. The van der Waals surface area contributed by atoms with Crippen molar-refractivity contribution in [2.24, 2.45) is 0 Å². The lowest BCUT2D eigenvalue weighted by atomic mass is 10.1. The fourth-order valence-corrected chi connectivity index (χ4v) is 3.06. The molecule has 4 rings (SSSR count). The third kappa shape index (κ3) is 3.86. The van der Waals surface area contributed by atoms with Gasteiger partial charge in [-0.3, -0.25) is 4.79 Å². The Morgan fingerprint density at radius 1 is 0.929 bits per heavy atom. The fraction of sp³-hybridized carbons (Fsp3) is 0.0833. The van der Waals surface area contributed by atoms with E-state index >= 15 is 0 Å². The first-order valence-corrected chi connectivity index (χ1v) is 9.14. The van der Waals surface area contributed by atoms with Gasteiger partial charge in [-0.15, -0.1) is 0 Å². The molecule has 0 saturated heterocycles. The van der Waals surface area contributed by atoms with Crippen LogP contribution in [-0.4, -0.2) is 17.5 Å². The summed E-state index contributed by atoms with van der Waals surface area (Å²) in [6.45, 7) is 1.88. The predicted molar refractivity (Wildman–Crippen MR) is 112 cm³/mol. The second-order valence-electron chi connectivity index (χ2n) is 6.54. The molecule has 0 unspecified atom stereocenters. The Morgan fingerprint density at radius 2 is 1.64 bits per heavy atom. The summed E-state index contributed by atoms with van der Waals surface area (Å²) in [5, 5.41) is 3.78. The second-order valence-corrected chi connectivity index (χ2v) is 6.54. The quantitative estimate of drug-likeness (QED) is 0.525. The van der Waals surface area contributed by atoms with Gasteiger partial charge in [-0.05, 0) is 30.7 Å². The van der Waals surface area contributed by atoms with E-state index in [1.54, 1.807) is 0 Å². The summed E-state index contributed by atoms with van der Waals surface area (Å²) in [7, 11) is 0. The van der Waals surface area contributed by atoms with Crippen molar-refractivity contribution in [1.82, 2.24) is 4.98 Å². The summed E-state index contributed by atoms with van der Waals surface area (Å²) in [5.41, 5.74) is 4.45. The van der Waals surface area contributed by atoms with Gasteiger partial charge < -0.3 is 10.1 Å². The minimum Gasteiger partial charge on any atom is -0.483 e. The molecule has 3 aromatic carbocycles. The Balaban J connectivity index is 1.59. The van der Waals surface area contributed by atoms with Crippen LogP contribution in [0.4, 0.5) is 5.69 Å². The average molecular weight is 368 g/mol. The van der Waals surface area contributed by atoms with E-state index in [0.717, 1.165) is 33.4 Å². The Labute approximate surface area is 163 Å². The van der Waals surface area contributed by atoms with Gasteiger partial charge in [0.2, 0.25) is 0 Å². The fourth-order valence-electron chi connectivity index (χ4n) is 3.06. The standard InChI is InChI=1S/C24H20N2O2/c1-17-9-5-7-13-20(17)26-24(27)16-28-23-15-22(18-10-3-2-4-11-18)25-21-14-8-6-12-19(21)23/h2-15H,16H2,1H3,(H,26,27). The molecule has 4 heteroatoms. The number of amides is 1. The van der Waals surface area contributed by atoms with Gasteiger partial charge in [0.15, 0.2) is 6.61 Å². The molecule has 1 amide bonds. The number of rotatable bonds is 5. The smallest absolute Gasteiger partial charge is 0.262 e. The van der Waals surface area contributed by atoms with Crippen LogP contribution in [0.25, 0.3) is 22.2 Å². The number of aromatic nitrogens is 1. The molecule has 1 N–H and O–H groups in total. The number of nitrogens with one attached hydrogen (secondary N) is 1. The van der Waals surface area contributed by atoms with Crippen molar-refractivity contribution in [3.8, 4) is 17.0 Å². The molecule has 0 aliphatic heterocycles. The molecule has 4 nitrogen and oxygen atoms in total. The highest BCUT2D eigenvalue weighted by Gasteiger charge is 2.11. The lowest BCUT2D eigenvalue weighted by molar-refractivity contribution is -0.118. The van der Waals surface area contributed by atoms with E-state index in [0.29, 0.717) is 5.75 Å². The van der Waals surface area contributed by atoms with E-state index in [1.165, 1.54) is 0 Å². The molecule has 0 radical (unpaired) electrons. The summed E-state index contributed by atoms with van der Waals surface area (Å²) >= 11 is 0. The van der Waals surface area contributed by atoms with E-state index in [4.69, 9.17) is 9.72 Å². The van der Waals surface area contributed by atoms with Gasteiger partial charge in [-0.25, -0.2) is 4.98 Å². The van der Waals surface area contributed by atoms with Gasteiger partial charge in [0.05, 0.1) is 11.2 Å². The van der Waals surface area contributed by atoms with Crippen molar-refractivity contribution in [3.63, 3.8) is 0 Å². The Hall–Kier alpha value is -3.66. The largest absolute Gasteiger partial charge is 0.483 e. The minimum absolute atomic E-state index is 0.0728. The van der Waals surface area contributed by atoms with E-state index in [2.05, 4.69) is 5.32 Å². The van der Waals surface area contributed by atoms with Crippen molar-refractivity contribution >= 4 is 22.5 Å². The monoisotopic (exact) mass is 368 g/mol. The van der Waals surface area contributed by atoms with Gasteiger partial charge in [-0.1, -0.05) is 60.7 Å². The lowest BCUT2D eigenvalue weighted by Gasteiger charge is -2.12. The maximum Gasteiger partial charge on any atom is 0.262 e. The Kier molecular flexibility index (Phi) is 5.02. The number of hydrogen-bond donors (Lipinski definition) is 1. The SMILES string of the molecule is Cc1ccccc1NC(=O)COc1cc(-c2ccccc2)nc2ccccc12. The molecule has 0 saturated carbocycles. The molecule has 1 heterocycles. The molecular formula is C24H20N2O2. The van der Waals surface area contributed by atoms with Crippen molar-refractivity contribution < 1.29 is 9.53 Å². The van der Waals surface area contributed by atoms with E-state index in [1.807, 2.05) is 91.9 Å². The average Bonchev–Trinajstić information content (AvgIpc) is 2.74. The van der Waals surface area contributed by atoms with Gasteiger partial charge >= 0.3 is 0 Å². The molecule has 0 aliphatic rings. The summed E-state index contributed by atoms with van der Waals surface area (Å²) < 4.78 is 5.90. The molecule has 4 aromatic rings. The third-order valence-corrected chi connectivity index (χ3v) is 4.53. The number of anilines is 1. The molecule has 0 bridgehead atoms. The molecule has 0 spiro atoms. The summed E-state index contributed by atoms with van der Waals surface area (Å²) in [5.74, 6) is 0.445. The third-order valence-electron chi connectivity index (χ3n) is 4.53.